The molecule has 0 saturated carbocycles. The summed E-state index contributed by atoms with van der Waals surface area (Å²) in [5.41, 5.74) is 0.0247. The molecule has 21 heavy (non-hydrogen) atoms. The van der Waals surface area contributed by atoms with Gasteiger partial charge >= 0.3 is 0 Å². The van der Waals surface area contributed by atoms with Crippen LogP contribution in [0.1, 0.15) is 29.6 Å². The van der Waals surface area contributed by atoms with Crippen LogP contribution in [0.3, 0.4) is 0 Å². The van der Waals surface area contributed by atoms with Crippen LogP contribution < -0.4 is 5.32 Å². The van der Waals surface area contributed by atoms with Gasteiger partial charge in [-0.2, -0.15) is 0 Å². The smallest absolute Gasteiger partial charge is 0.254 e. The summed E-state index contributed by atoms with van der Waals surface area (Å²) in [5.74, 6) is -1.02. The quantitative estimate of drug-likeness (QED) is 0.910. The van der Waals surface area contributed by atoms with Crippen molar-refractivity contribution >= 4 is 5.91 Å². The molecule has 0 spiro atoms. The highest BCUT2D eigenvalue weighted by atomic mass is 19.1. The highest BCUT2D eigenvalue weighted by Gasteiger charge is 2.30. The maximum atomic E-state index is 13.5. The summed E-state index contributed by atoms with van der Waals surface area (Å²) in [7, 11) is 0. The number of nitrogens with zero attached hydrogens (tertiary/aromatic N) is 2. The first-order valence-corrected chi connectivity index (χ1v) is 7.47. The monoisotopic (exact) mass is 293 g/mol. The van der Waals surface area contributed by atoms with Gasteiger partial charge in [-0.1, -0.05) is 6.42 Å². The van der Waals surface area contributed by atoms with E-state index in [0.717, 1.165) is 25.9 Å². The molecule has 5 nitrogen and oxygen atoms in total. The average Bonchev–Trinajstić information content (AvgIpc) is 2.53. The van der Waals surface area contributed by atoms with E-state index in [4.69, 9.17) is 4.74 Å². The Morgan fingerprint density at radius 3 is 3.29 bits per heavy atom. The molecular weight excluding hydrogens is 273 g/mol. The van der Waals surface area contributed by atoms with Gasteiger partial charge in [-0.3, -0.25) is 14.7 Å². The topological polar surface area (TPSA) is 54.5 Å². The van der Waals surface area contributed by atoms with Crippen LogP contribution >= 0.6 is 0 Å². The number of aromatic nitrogens is 1. The van der Waals surface area contributed by atoms with E-state index in [2.05, 4.69) is 15.2 Å². The standard InChI is InChI=1S/C15H20FN3O2/c16-14-8-17-5-4-13(14)15(20)18-7-12-9-19-6-2-1-3-11(19)10-21-12/h4-5,8,11-12H,1-3,6-7,9-10H2,(H,18,20)/t11-,12-/m0/s1. The summed E-state index contributed by atoms with van der Waals surface area (Å²) in [6.07, 6.45) is 6.14. The van der Waals surface area contributed by atoms with Gasteiger partial charge in [0.25, 0.3) is 5.91 Å². The van der Waals surface area contributed by atoms with E-state index in [9.17, 15) is 9.18 Å². The Bertz CT molecular complexity index is 511. The molecule has 1 aromatic heterocycles. The molecule has 0 bridgehead atoms. The lowest BCUT2D eigenvalue weighted by Crippen LogP contribution is -2.54. The minimum atomic E-state index is -0.601. The number of hydrogen-bond acceptors (Lipinski definition) is 4. The van der Waals surface area contributed by atoms with E-state index in [1.807, 2.05) is 0 Å². The zero-order valence-electron chi connectivity index (χ0n) is 11.9. The number of pyridine rings is 1. The highest BCUT2D eigenvalue weighted by molar-refractivity contribution is 5.94. The van der Waals surface area contributed by atoms with Crippen LogP contribution in [0.4, 0.5) is 4.39 Å². The molecule has 1 amide bonds. The molecule has 0 aliphatic carbocycles. The number of amides is 1. The van der Waals surface area contributed by atoms with Crippen LogP contribution in [-0.4, -0.2) is 54.2 Å². The second kappa shape index (κ2) is 6.49. The summed E-state index contributed by atoms with van der Waals surface area (Å²) in [5, 5.41) is 2.75. The van der Waals surface area contributed by atoms with Gasteiger partial charge in [0, 0.05) is 25.3 Å². The van der Waals surface area contributed by atoms with Crippen LogP contribution in [0, 0.1) is 5.82 Å². The fourth-order valence-electron chi connectivity index (χ4n) is 3.04. The number of carbonyl (C=O) groups is 1. The van der Waals surface area contributed by atoms with E-state index >= 15 is 0 Å². The molecule has 2 aliphatic heterocycles. The first-order chi connectivity index (χ1) is 10.2. The zero-order chi connectivity index (χ0) is 14.7. The Hall–Kier alpha value is -1.53. The molecule has 1 N–H and O–H groups in total. The van der Waals surface area contributed by atoms with E-state index in [1.165, 1.54) is 31.5 Å². The third kappa shape index (κ3) is 3.39. The Morgan fingerprint density at radius 2 is 2.43 bits per heavy atom. The van der Waals surface area contributed by atoms with Crippen molar-refractivity contribution in [1.29, 1.82) is 0 Å². The van der Waals surface area contributed by atoms with Crippen molar-refractivity contribution in [3.63, 3.8) is 0 Å². The number of halogens is 1. The number of fused-ring (bicyclic) bond motifs is 1. The van der Waals surface area contributed by atoms with Gasteiger partial charge in [0.1, 0.15) is 0 Å². The molecule has 3 heterocycles. The number of hydrogen-bond donors (Lipinski definition) is 1. The number of carbonyl (C=O) groups excluding carboxylic acids is 1. The van der Waals surface area contributed by atoms with Crippen molar-refractivity contribution in [2.75, 3.05) is 26.2 Å². The molecule has 2 saturated heterocycles. The lowest BCUT2D eigenvalue weighted by Gasteiger charge is -2.42. The SMILES string of the molecule is O=C(NC[C@H]1CN2CCCC[C@H]2CO1)c1ccncc1F. The maximum absolute atomic E-state index is 13.5. The second-order valence-electron chi connectivity index (χ2n) is 5.67. The largest absolute Gasteiger partial charge is 0.373 e. The number of morpholine rings is 1. The third-order valence-corrected chi connectivity index (χ3v) is 4.22. The Balaban J connectivity index is 1.51. The zero-order valence-corrected chi connectivity index (χ0v) is 11.9. The van der Waals surface area contributed by atoms with Crippen molar-refractivity contribution in [3.8, 4) is 0 Å². The lowest BCUT2D eigenvalue weighted by atomic mass is 10.0. The maximum Gasteiger partial charge on any atom is 0.254 e. The Kier molecular flexibility index (Phi) is 4.45. The van der Waals surface area contributed by atoms with E-state index in [1.54, 1.807) is 0 Å². The molecule has 114 valence electrons. The van der Waals surface area contributed by atoms with Gasteiger partial charge in [0.05, 0.1) is 24.5 Å². The minimum absolute atomic E-state index is 0.0202. The van der Waals surface area contributed by atoms with Gasteiger partial charge in [-0.25, -0.2) is 4.39 Å². The number of piperidine rings is 1. The van der Waals surface area contributed by atoms with E-state index in [0.29, 0.717) is 12.6 Å². The predicted molar refractivity (Wildman–Crippen MR) is 75.5 cm³/mol. The molecule has 6 heteroatoms. The Morgan fingerprint density at radius 1 is 1.52 bits per heavy atom. The van der Waals surface area contributed by atoms with Gasteiger partial charge in [-0.15, -0.1) is 0 Å². The van der Waals surface area contributed by atoms with Crippen molar-refractivity contribution in [2.24, 2.45) is 0 Å². The van der Waals surface area contributed by atoms with Crippen molar-refractivity contribution < 1.29 is 13.9 Å². The molecule has 0 unspecified atom stereocenters. The molecule has 0 aromatic carbocycles. The summed E-state index contributed by atoms with van der Waals surface area (Å²) in [6.45, 7) is 3.08. The molecule has 2 aliphatic rings. The van der Waals surface area contributed by atoms with Gasteiger partial charge in [0.2, 0.25) is 0 Å². The van der Waals surface area contributed by atoms with E-state index in [-0.39, 0.29) is 11.7 Å². The summed E-state index contributed by atoms with van der Waals surface area (Å²) < 4.78 is 19.3. The van der Waals surface area contributed by atoms with Crippen molar-refractivity contribution in [3.05, 3.63) is 29.8 Å². The van der Waals surface area contributed by atoms with Crippen molar-refractivity contribution in [2.45, 2.75) is 31.4 Å². The normalized spacial score (nSPS) is 26.1. The first kappa shape index (κ1) is 14.4. The number of rotatable bonds is 3. The van der Waals surface area contributed by atoms with Crippen molar-refractivity contribution in [1.82, 2.24) is 15.2 Å². The molecule has 3 rings (SSSR count). The van der Waals surface area contributed by atoms with Crippen LogP contribution in [-0.2, 0) is 4.74 Å². The molecule has 1 aromatic rings. The fraction of sp³-hybridized carbons (Fsp3) is 0.600. The summed E-state index contributed by atoms with van der Waals surface area (Å²) >= 11 is 0. The number of nitrogens with one attached hydrogen (secondary N) is 1. The first-order valence-electron chi connectivity index (χ1n) is 7.47. The molecule has 2 atom stereocenters. The van der Waals surface area contributed by atoms with Gasteiger partial charge in [-0.05, 0) is 25.5 Å². The lowest BCUT2D eigenvalue weighted by molar-refractivity contribution is -0.0725. The van der Waals surface area contributed by atoms with Crippen LogP contribution in [0.2, 0.25) is 0 Å². The second-order valence-corrected chi connectivity index (χ2v) is 5.67. The van der Waals surface area contributed by atoms with Crippen LogP contribution in [0.15, 0.2) is 18.5 Å². The highest BCUT2D eigenvalue weighted by Crippen LogP contribution is 2.21. The third-order valence-electron chi connectivity index (χ3n) is 4.22. The van der Waals surface area contributed by atoms with E-state index < -0.39 is 11.7 Å². The van der Waals surface area contributed by atoms with Gasteiger partial charge < -0.3 is 10.1 Å². The summed E-state index contributed by atoms with van der Waals surface area (Å²) in [6, 6.07) is 1.91. The Labute approximate surface area is 123 Å². The van der Waals surface area contributed by atoms with Crippen LogP contribution in [0.5, 0.6) is 0 Å². The predicted octanol–water partition coefficient (Wildman–Crippen LogP) is 1.20. The molecule has 2 fully saturated rings. The molecular formula is C15H20FN3O2. The van der Waals surface area contributed by atoms with Gasteiger partial charge in [0.15, 0.2) is 5.82 Å². The minimum Gasteiger partial charge on any atom is -0.373 e. The fourth-order valence-corrected chi connectivity index (χ4v) is 3.04. The average molecular weight is 293 g/mol. The number of ether oxygens (including phenoxy) is 1. The molecule has 0 radical (unpaired) electrons. The van der Waals surface area contributed by atoms with Crippen LogP contribution in [0.25, 0.3) is 0 Å². The summed E-state index contributed by atoms with van der Waals surface area (Å²) in [4.78, 5) is 18.0.